The Morgan fingerprint density at radius 2 is 2.29 bits per heavy atom. The molecule has 14 heavy (non-hydrogen) atoms. The van der Waals surface area contributed by atoms with Crippen LogP contribution in [0.4, 0.5) is 4.39 Å². The second-order valence-corrected chi connectivity index (χ2v) is 4.06. The van der Waals surface area contributed by atoms with Gasteiger partial charge in [0.15, 0.2) is 0 Å². The molecule has 0 aromatic heterocycles. The van der Waals surface area contributed by atoms with Crippen LogP contribution in [0.1, 0.15) is 17.3 Å². The van der Waals surface area contributed by atoms with Gasteiger partial charge in [-0.25, -0.2) is 9.18 Å². The van der Waals surface area contributed by atoms with Gasteiger partial charge in [0, 0.05) is 8.59 Å². The molecule has 5 heteroatoms. The van der Waals surface area contributed by atoms with Crippen LogP contribution >= 0.6 is 34.2 Å². The molecular formula is C9H7ClFIO2. The predicted octanol–water partition coefficient (Wildman–Crippen LogP) is 3.26. The molecule has 0 aliphatic heterocycles. The number of hydrogen-bond acceptors (Lipinski definition) is 2. The highest BCUT2D eigenvalue weighted by molar-refractivity contribution is 14.1. The van der Waals surface area contributed by atoms with Crippen molar-refractivity contribution in [3.63, 3.8) is 0 Å². The SMILES string of the molecule is CCOC(=O)c1c(F)cc(Cl)cc1I. The first-order chi connectivity index (χ1) is 6.56. The van der Waals surface area contributed by atoms with Gasteiger partial charge in [0.1, 0.15) is 11.4 Å². The van der Waals surface area contributed by atoms with Crippen molar-refractivity contribution in [1.29, 1.82) is 0 Å². The van der Waals surface area contributed by atoms with Gasteiger partial charge in [-0.05, 0) is 41.6 Å². The standard InChI is InChI=1S/C9H7ClFIO2/c1-2-14-9(13)8-6(11)3-5(10)4-7(8)12/h3-4H,2H2,1H3. The molecule has 0 amide bonds. The molecule has 0 N–H and O–H groups in total. The summed E-state index contributed by atoms with van der Waals surface area (Å²) in [7, 11) is 0. The van der Waals surface area contributed by atoms with Gasteiger partial charge < -0.3 is 4.74 Å². The van der Waals surface area contributed by atoms with Crippen molar-refractivity contribution in [1.82, 2.24) is 0 Å². The van der Waals surface area contributed by atoms with E-state index in [1.54, 1.807) is 6.92 Å². The molecule has 2 nitrogen and oxygen atoms in total. The lowest BCUT2D eigenvalue weighted by Gasteiger charge is -2.05. The monoisotopic (exact) mass is 328 g/mol. The normalized spacial score (nSPS) is 10.0. The van der Waals surface area contributed by atoms with E-state index in [1.807, 2.05) is 22.6 Å². The van der Waals surface area contributed by atoms with Crippen molar-refractivity contribution in [3.05, 3.63) is 32.1 Å². The molecule has 0 saturated carbocycles. The number of rotatable bonds is 2. The summed E-state index contributed by atoms with van der Waals surface area (Å²) in [5, 5.41) is 0.264. The Labute approximate surface area is 99.5 Å². The van der Waals surface area contributed by atoms with Gasteiger partial charge in [-0.15, -0.1) is 0 Å². The quantitative estimate of drug-likeness (QED) is 0.615. The van der Waals surface area contributed by atoms with Gasteiger partial charge in [-0.2, -0.15) is 0 Å². The van der Waals surface area contributed by atoms with Crippen molar-refractivity contribution >= 4 is 40.2 Å². The minimum Gasteiger partial charge on any atom is -0.462 e. The van der Waals surface area contributed by atoms with Crippen LogP contribution in [0.2, 0.25) is 5.02 Å². The van der Waals surface area contributed by atoms with Gasteiger partial charge in [0.2, 0.25) is 0 Å². The Bertz CT molecular complexity index is 345. The van der Waals surface area contributed by atoms with Crippen LogP contribution in [0, 0.1) is 9.39 Å². The molecule has 0 heterocycles. The van der Waals surface area contributed by atoms with Gasteiger partial charge in [0.05, 0.1) is 6.61 Å². The molecule has 0 fully saturated rings. The van der Waals surface area contributed by atoms with E-state index >= 15 is 0 Å². The second kappa shape index (κ2) is 4.93. The van der Waals surface area contributed by atoms with E-state index in [1.165, 1.54) is 6.07 Å². The molecule has 0 radical (unpaired) electrons. The third kappa shape index (κ3) is 2.57. The van der Waals surface area contributed by atoms with Crippen LogP contribution in [-0.2, 0) is 4.74 Å². The largest absolute Gasteiger partial charge is 0.462 e. The summed E-state index contributed by atoms with van der Waals surface area (Å²) in [6, 6.07) is 2.60. The van der Waals surface area contributed by atoms with E-state index < -0.39 is 11.8 Å². The fraction of sp³-hybridized carbons (Fsp3) is 0.222. The minimum atomic E-state index is -0.661. The summed E-state index contributed by atoms with van der Waals surface area (Å²) in [6.07, 6.45) is 0. The highest BCUT2D eigenvalue weighted by Crippen LogP contribution is 2.22. The van der Waals surface area contributed by atoms with Crippen molar-refractivity contribution in [2.75, 3.05) is 6.61 Å². The number of hydrogen-bond donors (Lipinski definition) is 0. The number of esters is 1. The smallest absolute Gasteiger partial charge is 0.342 e. The Morgan fingerprint density at radius 3 is 2.79 bits per heavy atom. The molecule has 0 aliphatic rings. The van der Waals surface area contributed by atoms with E-state index in [0.29, 0.717) is 3.57 Å². The fourth-order valence-corrected chi connectivity index (χ4v) is 2.14. The molecule has 0 atom stereocenters. The maximum absolute atomic E-state index is 13.3. The van der Waals surface area contributed by atoms with Crippen LogP contribution in [-0.4, -0.2) is 12.6 Å². The highest BCUT2D eigenvalue weighted by Gasteiger charge is 2.17. The molecule has 1 aromatic carbocycles. The van der Waals surface area contributed by atoms with Gasteiger partial charge in [-0.3, -0.25) is 0 Å². The first-order valence-electron chi connectivity index (χ1n) is 3.88. The maximum atomic E-state index is 13.3. The summed E-state index contributed by atoms with van der Waals surface area (Å²) in [5.74, 6) is -1.31. The molecule has 0 unspecified atom stereocenters. The minimum absolute atomic E-state index is 0.0585. The van der Waals surface area contributed by atoms with E-state index in [4.69, 9.17) is 16.3 Å². The lowest BCUT2D eigenvalue weighted by Crippen LogP contribution is -2.09. The molecule has 0 saturated heterocycles. The number of ether oxygens (including phenoxy) is 1. The number of carbonyl (C=O) groups is 1. The van der Waals surface area contributed by atoms with E-state index in [0.717, 1.165) is 6.07 Å². The molecule has 76 valence electrons. The average molecular weight is 329 g/mol. The fourth-order valence-electron chi connectivity index (χ4n) is 0.940. The third-order valence-corrected chi connectivity index (χ3v) is 2.56. The van der Waals surface area contributed by atoms with E-state index in [2.05, 4.69) is 0 Å². The van der Waals surface area contributed by atoms with Crippen molar-refractivity contribution in [3.8, 4) is 0 Å². The Balaban J connectivity index is 3.14. The second-order valence-electron chi connectivity index (χ2n) is 2.46. The number of benzene rings is 1. The average Bonchev–Trinajstić information content (AvgIpc) is 2.01. The Kier molecular flexibility index (Phi) is 4.12. The summed E-state index contributed by atoms with van der Waals surface area (Å²) in [5.41, 5.74) is -0.0585. The first kappa shape index (κ1) is 11.7. The summed E-state index contributed by atoms with van der Waals surface area (Å²) in [4.78, 5) is 11.3. The zero-order valence-electron chi connectivity index (χ0n) is 7.31. The Morgan fingerprint density at radius 1 is 1.64 bits per heavy atom. The number of halogens is 3. The van der Waals surface area contributed by atoms with Crippen LogP contribution in [0.5, 0.6) is 0 Å². The Hall–Kier alpha value is -0.360. The lowest BCUT2D eigenvalue weighted by molar-refractivity contribution is 0.0519. The van der Waals surface area contributed by atoms with Crippen molar-refractivity contribution in [2.24, 2.45) is 0 Å². The van der Waals surface area contributed by atoms with Crippen LogP contribution in [0.25, 0.3) is 0 Å². The maximum Gasteiger partial charge on any atom is 0.342 e. The summed E-state index contributed by atoms with van der Waals surface area (Å²) in [6.45, 7) is 1.88. The van der Waals surface area contributed by atoms with E-state index in [9.17, 15) is 9.18 Å². The van der Waals surface area contributed by atoms with Crippen LogP contribution in [0.15, 0.2) is 12.1 Å². The predicted molar refractivity (Wildman–Crippen MR) is 60.1 cm³/mol. The lowest BCUT2D eigenvalue weighted by atomic mass is 10.2. The van der Waals surface area contributed by atoms with Gasteiger partial charge in [0.25, 0.3) is 0 Å². The number of carbonyl (C=O) groups excluding carboxylic acids is 1. The summed E-state index contributed by atoms with van der Waals surface area (Å²) < 4.78 is 18.4. The third-order valence-electron chi connectivity index (χ3n) is 1.49. The van der Waals surface area contributed by atoms with Crippen LogP contribution in [0.3, 0.4) is 0 Å². The van der Waals surface area contributed by atoms with Gasteiger partial charge in [-0.1, -0.05) is 11.6 Å². The highest BCUT2D eigenvalue weighted by atomic mass is 127. The molecule has 1 rings (SSSR count). The molecule has 0 bridgehead atoms. The molecule has 0 aliphatic carbocycles. The first-order valence-corrected chi connectivity index (χ1v) is 5.33. The topological polar surface area (TPSA) is 26.3 Å². The van der Waals surface area contributed by atoms with Gasteiger partial charge >= 0.3 is 5.97 Å². The van der Waals surface area contributed by atoms with E-state index in [-0.39, 0.29) is 17.2 Å². The van der Waals surface area contributed by atoms with Crippen LogP contribution < -0.4 is 0 Å². The van der Waals surface area contributed by atoms with Crippen molar-refractivity contribution in [2.45, 2.75) is 6.92 Å². The summed E-state index contributed by atoms with van der Waals surface area (Å²) >= 11 is 7.45. The molecule has 1 aromatic rings. The molecule has 0 spiro atoms. The zero-order valence-corrected chi connectivity index (χ0v) is 10.2. The zero-order chi connectivity index (χ0) is 10.7. The van der Waals surface area contributed by atoms with Crippen molar-refractivity contribution < 1.29 is 13.9 Å². The molecular weight excluding hydrogens is 321 g/mol.